The van der Waals surface area contributed by atoms with Gasteiger partial charge >= 0.3 is 15.6 Å². The molecule has 0 saturated heterocycles. The fraction of sp³-hybridized carbons (Fsp3) is 0.412. The lowest BCUT2D eigenvalue weighted by Crippen LogP contribution is -2.01. The van der Waals surface area contributed by atoms with Crippen molar-refractivity contribution in [3.8, 4) is 5.75 Å². The Morgan fingerprint density at radius 2 is 1.75 bits per heavy atom. The molecule has 0 fully saturated rings. The molecule has 11 heteroatoms. The molecule has 9 nitrogen and oxygen atoms in total. The summed E-state index contributed by atoms with van der Waals surface area (Å²) in [6.45, 7) is 3.70. The third kappa shape index (κ3) is 10.9. The minimum atomic E-state index is -5.11. The van der Waals surface area contributed by atoms with Crippen LogP contribution in [0.15, 0.2) is 47.6 Å². The van der Waals surface area contributed by atoms with Crippen LogP contribution in [0.3, 0.4) is 0 Å². The van der Waals surface area contributed by atoms with Crippen LogP contribution in [-0.2, 0) is 24.6 Å². The third-order valence-electron chi connectivity index (χ3n) is 3.51. The molecule has 1 aromatic carbocycles. The second-order valence-corrected chi connectivity index (χ2v) is 8.86. The first-order valence-corrected chi connectivity index (χ1v) is 11.4. The summed E-state index contributed by atoms with van der Waals surface area (Å²) in [6.07, 6.45) is 4.88. The number of hydrogen-bond donors (Lipinski definition) is 4. The highest BCUT2D eigenvalue weighted by Crippen LogP contribution is 2.57. The van der Waals surface area contributed by atoms with E-state index in [2.05, 4.69) is 8.83 Å². The molecule has 0 amide bonds. The number of phosphoric ester groups is 1. The second-order valence-electron chi connectivity index (χ2n) is 6.03. The van der Waals surface area contributed by atoms with Crippen molar-refractivity contribution in [2.75, 3.05) is 13.2 Å². The van der Waals surface area contributed by atoms with E-state index in [0.29, 0.717) is 25.2 Å². The lowest BCUT2D eigenvalue weighted by molar-refractivity contribution is 0.191. The van der Waals surface area contributed by atoms with Gasteiger partial charge in [-0.1, -0.05) is 35.9 Å². The fourth-order valence-corrected chi connectivity index (χ4v) is 3.63. The number of benzene rings is 1. The normalized spacial score (nSPS) is 15.4. The van der Waals surface area contributed by atoms with E-state index < -0.39 is 15.6 Å². The molecule has 4 N–H and O–H groups in total. The van der Waals surface area contributed by atoms with Crippen LogP contribution >= 0.6 is 15.6 Å². The number of allylic oxidation sites excluding steroid dienone is 2. The standard InChI is InChI=1S/C17H26O9P2/c1-14(10-11-25-28(22,23)26-27(19,20)21)6-5-7-15(2)13-24-17-9-4-3-8-16(17)12-18/h3-4,7-10,18H,5-6,11-13H2,1-2H3,(H,22,23)(H2,19,20,21)/b14-10+,15-7+. The van der Waals surface area contributed by atoms with Crippen LogP contribution in [0, 0.1) is 0 Å². The van der Waals surface area contributed by atoms with Gasteiger partial charge in [-0.3, -0.25) is 4.52 Å². The van der Waals surface area contributed by atoms with Crippen LogP contribution < -0.4 is 4.74 Å². The van der Waals surface area contributed by atoms with E-state index in [-0.39, 0.29) is 13.2 Å². The molecular weight excluding hydrogens is 410 g/mol. The minimum absolute atomic E-state index is 0.0923. The molecule has 0 radical (unpaired) electrons. The first kappa shape index (κ1) is 24.8. The summed E-state index contributed by atoms with van der Waals surface area (Å²) in [6, 6.07) is 7.25. The maximum atomic E-state index is 11.3. The van der Waals surface area contributed by atoms with Gasteiger partial charge in [-0.2, -0.15) is 4.31 Å². The number of ether oxygens (including phenoxy) is 1. The molecule has 1 unspecified atom stereocenters. The van der Waals surface area contributed by atoms with Crippen molar-refractivity contribution in [3.63, 3.8) is 0 Å². The van der Waals surface area contributed by atoms with Crippen molar-refractivity contribution < 1.29 is 42.5 Å². The molecule has 1 aromatic rings. The molecule has 158 valence electrons. The lowest BCUT2D eigenvalue weighted by Gasteiger charge is -2.11. The molecule has 0 aliphatic heterocycles. The van der Waals surface area contributed by atoms with Gasteiger partial charge in [-0.25, -0.2) is 9.13 Å². The van der Waals surface area contributed by atoms with Crippen LogP contribution in [0.25, 0.3) is 0 Å². The van der Waals surface area contributed by atoms with E-state index >= 15 is 0 Å². The first-order chi connectivity index (χ1) is 13.0. The number of aliphatic hydroxyl groups is 1. The minimum Gasteiger partial charge on any atom is -0.489 e. The first-order valence-electron chi connectivity index (χ1n) is 8.39. The third-order valence-corrected chi connectivity index (χ3v) is 5.66. The summed E-state index contributed by atoms with van der Waals surface area (Å²) in [5.41, 5.74) is 2.59. The number of aliphatic hydroxyl groups excluding tert-OH is 1. The number of rotatable bonds is 12. The zero-order chi connectivity index (χ0) is 21.2. The van der Waals surface area contributed by atoms with E-state index in [9.17, 15) is 14.2 Å². The average Bonchev–Trinajstić information content (AvgIpc) is 2.57. The van der Waals surface area contributed by atoms with Crippen LogP contribution in [0.2, 0.25) is 0 Å². The van der Waals surface area contributed by atoms with Crippen molar-refractivity contribution >= 4 is 15.6 Å². The summed E-state index contributed by atoms with van der Waals surface area (Å²) < 4.78 is 35.7. The van der Waals surface area contributed by atoms with Gasteiger partial charge in [-0.15, -0.1) is 0 Å². The Labute approximate surface area is 164 Å². The Bertz CT molecular complexity index is 783. The van der Waals surface area contributed by atoms with E-state index in [4.69, 9.17) is 19.4 Å². The Balaban J connectivity index is 2.39. The van der Waals surface area contributed by atoms with E-state index in [1.807, 2.05) is 25.1 Å². The van der Waals surface area contributed by atoms with E-state index in [1.54, 1.807) is 19.1 Å². The van der Waals surface area contributed by atoms with Gasteiger partial charge in [-0.05, 0) is 38.3 Å². The number of hydrogen-bond acceptors (Lipinski definition) is 6. The summed E-state index contributed by atoms with van der Waals surface area (Å²) >= 11 is 0. The molecular formula is C17H26O9P2. The number of para-hydroxylation sites is 1. The maximum Gasteiger partial charge on any atom is 0.481 e. The Morgan fingerprint density at radius 3 is 2.39 bits per heavy atom. The van der Waals surface area contributed by atoms with Gasteiger partial charge in [0.15, 0.2) is 0 Å². The van der Waals surface area contributed by atoms with Gasteiger partial charge in [0.05, 0.1) is 13.2 Å². The Hall–Kier alpha value is -1.28. The maximum absolute atomic E-state index is 11.3. The highest BCUT2D eigenvalue weighted by atomic mass is 31.3. The van der Waals surface area contributed by atoms with E-state index in [1.165, 1.54) is 6.08 Å². The topological polar surface area (TPSA) is 143 Å². The Morgan fingerprint density at radius 1 is 1.07 bits per heavy atom. The summed E-state index contributed by atoms with van der Waals surface area (Å²) in [4.78, 5) is 26.2. The summed E-state index contributed by atoms with van der Waals surface area (Å²) in [5.74, 6) is 0.636. The van der Waals surface area contributed by atoms with Gasteiger partial charge in [0.25, 0.3) is 0 Å². The fourth-order valence-electron chi connectivity index (χ4n) is 2.11. The molecule has 0 aliphatic carbocycles. The van der Waals surface area contributed by atoms with Crippen LogP contribution in [0.5, 0.6) is 5.75 Å². The molecule has 1 atom stereocenters. The van der Waals surface area contributed by atoms with Crippen LogP contribution in [0.1, 0.15) is 32.3 Å². The molecule has 0 saturated carbocycles. The summed E-state index contributed by atoms with van der Waals surface area (Å²) in [5, 5.41) is 9.27. The summed E-state index contributed by atoms with van der Waals surface area (Å²) in [7, 11) is -9.92. The predicted molar refractivity (Wildman–Crippen MR) is 104 cm³/mol. The highest BCUT2D eigenvalue weighted by Gasteiger charge is 2.31. The average molecular weight is 436 g/mol. The second kappa shape index (κ2) is 11.7. The molecule has 0 spiro atoms. The van der Waals surface area contributed by atoms with Gasteiger partial charge in [0.1, 0.15) is 12.4 Å². The predicted octanol–water partition coefficient (Wildman–Crippen LogP) is 3.46. The zero-order valence-corrected chi connectivity index (χ0v) is 17.5. The Kier molecular flexibility index (Phi) is 10.3. The van der Waals surface area contributed by atoms with E-state index in [0.717, 1.165) is 16.7 Å². The smallest absolute Gasteiger partial charge is 0.481 e. The van der Waals surface area contributed by atoms with Crippen molar-refractivity contribution in [1.82, 2.24) is 0 Å². The van der Waals surface area contributed by atoms with Crippen molar-refractivity contribution in [3.05, 3.63) is 53.1 Å². The van der Waals surface area contributed by atoms with Gasteiger partial charge in [0.2, 0.25) is 0 Å². The van der Waals surface area contributed by atoms with Crippen LogP contribution in [0.4, 0.5) is 0 Å². The van der Waals surface area contributed by atoms with Gasteiger partial charge < -0.3 is 24.5 Å². The lowest BCUT2D eigenvalue weighted by atomic mass is 10.1. The van der Waals surface area contributed by atoms with Crippen molar-refractivity contribution in [2.45, 2.75) is 33.3 Å². The zero-order valence-electron chi connectivity index (χ0n) is 15.7. The molecule has 28 heavy (non-hydrogen) atoms. The van der Waals surface area contributed by atoms with Crippen molar-refractivity contribution in [1.29, 1.82) is 0 Å². The monoisotopic (exact) mass is 436 g/mol. The SMILES string of the molecule is C/C(=C\COP(=O)(O)OP(=O)(O)O)CC/C=C(\C)COc1ccccc1CO. The highest BCUT2D eigenvalue weighted by molar-refractivity contribution is 7.60. The molecule has 1 rings (SSSR count). The molecule has 0 heterocycles. The molecule has 0 bridgehead atoms. The molecule has 0 aromatic heterocycles. The largest absolute Gasteiger partial charge is 0.489 e. The molecule has 0 aliphatic rings. The van der Waals surface area contributed by atoms with Crippen molar-refractivity contribution in [2.24, 2.45) is 0 Å². The number of phosphoric acid groups is 2. The quantitative estimate of drug-likeness (QED) is 0.286. The van der Waals surface area contributed by atoms with Gasteiger partial charge in [0, 0.05) is 5.56 Å². The van der Waals surface area contributed by atoms with Crippen LogP contribution in [-0.4, -0.2) is 33.0 Å².